The third kappa shape index (κ3) is 3.29. The molecule has 6 nitrogen and oxygen atoms in total. The second kappa shape index (κ2) is 6.06. The van der Waals surface area contributed by atoms with Gasteiger partial charge in [0.25, 0.3) is 0 Å². The number of carbonyl (C=O) groups is 2. The predicted octanol–water partition coefficient (Wildman–Crippen LogP) is 2.56. The Bertz CT molecular complexity index is 768. The van der Waals surface area contributed by atoms with Gasteiger partial charge in [0.05, 0.1) is 6.54 Å². The molecule has 1 saturated heterocycles. The number of hydrogen-bond donors (Lipinski definition) is 0. The number of Topliss-reactive ketones (excluding diaryl/α,β-unsaturated/α-hetero) is 1. The van der Waals surface area contributed by atoms with Crippen molar-refractivity contribution in [2.45, 2.75) is 19.0 Å². The smallest absolute Gasteiger partial charge is 0.335 e. The van der Waals surface area contributed by atoms with Crippen LogP contribution >= 0.6 is 0 Å². The van der Waals surface area contributed by atoms with Crippen molar-refractivity contribution in [3.63, 3.8) is 0 Å². The summed E-state index contributed by atoms with van der Waals surface area (Å²) in [4.78, 5) is 28.4. The number of rotatable bonds is 4. The number of carbonyl (C=O) groups excluding carboxylic acids is 2. The fourth-order valence-electron chi connectivity index (χ4n) is 2.40. The molecule has 1 aliphatic rings. The van der Waals surface area contributed by atoms with E-state index in [9.17, 15) is 22.8 Å². The molecule has 0 unspecified atom stereocenters. The topological polar surface area (TPSA) is 76.3 Å². The van der Waals surface area contributed by atoms with Crippen molar-refractivity contribution in [1.82, 2.24) is 15.0 Å². The van der Waals surface area contributed by atoms with Crippen LogP contribution in [0, 0.1) is 0 Å². The summed E-state index contributed by atoms with van der Waals surface area (Å²) in [5, 5.41) is 3.28. The summed E-state index contributed by atoms with van der Waals surface area (Å²) in [6.07, 6.45) is -3.51. The largest absolute Gasteiger partial charge is 0.471 e. The van der Waals surface area contributed by atoms with Crippen LogP contribution in [0.3, 0.4) is 0 Å². The second-order valence-electron chi connectivity index (χ2n) is 5.34. The number of hydrogen-bond acceptors (Lipinski definition) is 5. The van der Waals surface area contributed by atoms with Gasteiger partial charge < -0.3 is 9.42 Å². The van der Waals surface area contributed by atoms with Gasteiger partial charge in [0.1, 0.15) is 0 Å². The van der Waals surface area contributed by atoms with Crippen molar-refractivity contribution >= 4 is 11.7 Å². The lowest BCUT2D eigenvalue weighted by atomic mass is 10.1. The number of nitrogens with zero attached hydrogens (tertiary/aromatic N) is 3. The van der Waals surface area contributed by atoms with Crippen LogP contribution in [-0.4, -0.2) is 39.8 Å². The predicted molar refractivity (Wildman–Crippen MR) is 74.9 cm³/mol. The molecular weight excluding hydrogens is 327 g/mol. The Kier molecular flexibility index (Phi) is 4.08. The summed E-state index contributed by atoms with van der Waals surface area (Å²) in [5.74, 6) is -1.92. The Hall–Kier alpha value is -2.71. The van der Waals surface area contributed by atoms with E-state index in [0.717, 1.165) is 6.42 Å². The van der Waals surface area contributed by atoms with E-state index in [1.807, 2.05) is 0 Å². The van der Waals surface area contributed by atoms with Gasteiger partial charge in [0.2, 0.25) is 11.7 Å². The Balaban J connectivity index is 1.72. The summed E-state index contributed by atoms with van der Waals surface area (Å²) in [6, 6.07) is 5.79. The van der Waals surface area contributed by atoms with Crippen LogP contribution in [0.5, 0.6) is 0 Å². The van der Waals surface area contributed by atoms with Gasteiger partial charge in [-0.25, -0.2) is 0 Å². The van der Waals surface area contributed by atoms with E-state index in [-0.39, 0.29) is 24.1 Å². The van der Waals surface area contributed by atoms with Crippen LogP contribution in [0.15, 0.2) is 28.8 Å². The zero-order chi connectivity index (χ0) is 17.3. The molecule has 0 radical (unpaired) electrons. The first-order chi connectivity index (χ1) is 11.3. The maximum atomic E-state index is 12.4. The molecule has 2 aromatic rings. The number of aromatic nitrogens is 2. The van der Waals surface area contributed by atoms with Crippen LogP contribution < -0.4 is 0 Å². The van der Waals surface area contributed by atoms with Gasteiger partial charge >= 0.3 is 12.1 Å². The van der Waals surface area contributed by atoms with Crippen LogP contribution in [0.1, 0.15) is 29.1 Å². The first kappa shape index (κ1) is 16.2. The van der Waals surface area contributed by atoms with Crippen LogP contribution in [0.2, 0.25) is 0 Å². The van der Waals surface area contributed by atoms with Crippen molar-refractivity contribution < 1.29 is 27.3 Å². The molecule has 0 saturated carbocycles. The highest BCUT2D eigenvalue weighted by molar-refractivity contribution is 5.99. The molecule has 0 atom stereocenters. The van der Waals surface area contributed by atoms with Crippen molar-refractivity contribution in [2.24, 2.45) is 0 Å². The number of amides is 1. The Morgan fingerprint density at radius 1 is 1.25 bits per heavy atom. The highest BCUT2D eigenvalue weighted by Crippen LogP contribution is 2.29. The molecule has 1 aromatic carbocycles. The van der Waals surface area contributed by atoms with Crippen molar-refractivity contribution in [1.29, 1.82) is 0 Å². The minimum atomic E-state index is -4.70. The van der Waals surface area contributed by atoms with E-state index >= 15 is 0 Å². The van der Waals surface area contributed by atoms with Gasteiger partial charge in [-0.1, -0.05) is 29.4 Å². The highest BCUT2D eigenvalue weighted by atomic mass is 19.4. The van der Waals surface area contributed by atoms with Crippen molar-refractivity contribution in [2.75, 3.05) is 13.1 Å². The molecule has 1 fully saturated rings. The molecule has 1 amide bonds. The van der Waals surface area contributed by atoms with E-state index in [1.54, 1.807) is 0 Å². The van der Waals surface area contributed by atoms with Crippen molar-refractivity contribution in [3.05, 3.63) is 35.7 Å². The van der Waals surface area contributed by atoms with E-state index in [0.29, 0.717) is 24.1 Å². The zero-order valence-corrected chi connectivity index (χ0v) is 12.3. The summed E-state index contributed by atoms with van der Waals surface area (Å²) in [7, 11) is 0. The van der Waals surface area contributed by atoms with Gasteiger partial charge in [0.15, 0.2) is 5.78 Å². The first-order valence-electron chi connectivity index (χ1n) is 7.17. The SMILES string of the molecule is O=C(CN1CCCC1=O)c1ccc(-c2noc(C(F)(F)F)n2)cc1. The van der Waals surface area contributed by atoms with Crippen molar-refractivity contribution in [3.8, 4) is 11.4 Å². The average molecular weight is 339 g/mol. The molecular formula is C15H12F3N3O3. The summed E-state index contributed by atoms with van der Waals surface area (Å²) in [6.45, 7) is 0.560. The minimum absolute atomic E-state index is 0.00138. The molecule has 0 bridgehead atoms. The number of likely N-dealkylation sites (tertiary alicyclic amines) is 1. The monoisotopic (exact) mass is 339 g/mol. The van der Waals surface area contributed by atoms with Gasteiger partial charge in [-0.2, -0.15) is 18.2 Å². The third-order valence-corrected chi connectivity index (χ3v) is 3.64. The Morgan fingerprint density at radius 2 is 1.96 bits per heavy atom. The van der Waals surface area contributed by atoms with E-state index < -0.39 is 12.1 Å². The molecule has 1 aliphatic heterocycles. The third-order valence-electron chi connectivity index (χ3n) is 3.64. The van der Waals surface area contributed by atoms with E-state index in [2.05, 4.69) is 14.7 Å². The molecule has 24 heavy (non-hydrogen) atoms. The lowest BCUT2D eigenvalue weighted by Crippen LogP contribution is -2.30. The fraction of sp³-hybridized carbons (Fsp3) is 0.333. The maximum absolute atomic E-state index is 12.4. The lowest BCUT2D eigenvalue weighted by molar-refractivity contribution is -0.159. The van der Waals surface area contributed by atoms with E-state index in [4.69, 9.17) is 0 Å². The molecule has 0 spiro atoms. The van der Waals surface area contributed by atoms with Gasteiger partial charge in [-0.05, 0) is 6.42 Å². The van der Waals surface area contributed by atoms with Crippen LogP contribution in [-0.2, 0) is 11.0 Å². The Labute approximate surface area is 134 Å². The quantitative estimate of drug-likeness (QED) is 0.800. The molecule has 3 rings (SSSR count). The summed E-state index contributed by atoms with van der Waals surface area (Å²) < 4.78 is 41.5. The van der Waals surface area contributed by atoms with Crippen LogP contribution in [0.25, 0.3) is 11.4 Å². The standard InChI is InChI=1S/C15H12F3N3O3/c16-15(17,18)14-19-13(20-24-14)10-5-3-9(4-6-10)11(22)8-21-7-1-2-12(21)23/h3-6H,1-2,7-8H2. The summed E-state index contributed by atoms with van der Waals surface area (Å²) in [5.41, 5.74) is 0.654. The molecule has 126 valence electrons. The zero-order valence-electron chi connectivity index (χ0n) is 12.3. The number of halogens is 3. The lowest BCUT2D eigenvalue weighted by Gasteiger charge is -2.14. The normalized spacial score (nSPS) is 15.1. The molecule has 2 heterocycles. The van der Waals surface area contributed by atoms with Gasteiger partial charge in [-0.15, -0.1) is 0 Å². The van der Waals surface area contributed by atoms with Gasteiger partial charge in [-0.3, -0.25) is 9.59 Å². The molecule has 9 heteroatoms. The maximum Gasteiger partial charge on any atom is 0.471 e. The molecule has 0 N–H and O–H groups in total. The first-order valence-corrected chi connectivity index (χ1v) is 7.17. The average Bonchev–Trinajstić information content (AvgIpc) is 3.17. The summed E-state index contributed by atoms with van der Waals surface area (Å²) >= 11 is 0. The minimum Gasteiger partial charge on any atom is -0.335 e. The fourth-order valence-corrected chi connectivity index (χ4v) is 2.40. The number of alkyl halides is 3. The second-order valence-corrected chi connectivity index (χ2v) is 5.34. The van der Waals surface area contributed by atoms with Gasteiger partial charge in [0, 0.05) is 24.1 Å². The Morgan fingerprint density at radius 3 is 2.50 bits per heavy atom. The highest BCUT2D eigenvalue weighted by Gasteiger charge is 2.38. The van der Waals surface area contributed by atoms with E-state index in [1.165, 1.54) is 29.2 Å². The number of benzene rings is 1. The number of ketones is 1. The molecule has 0 aliphatic carbocycles. The van der Waals surface area contributed by atoms with Crippen LogP contribution in [0.4, 0.5) is 13.2 Å². The molecule has 1 aromatic heterocycles.